The van der Waals surface area contributed by atoms with Crippen LogP contribution in [0, 0.1) is 6.92 Å². The van der Waals surface area contributed by atoms with Crippen LogP contribution in [-0.4, -0.2) is 45.8 Å². The van der Waals surface area contributed by atoms with Crippen molar-refractivity contribution >= 4 is 0 Å². The molecule has 1 fully saturated rings. The molecule has 5 nitrogen and oxygen atoms in total. The van der Waals surface area contributed by atoms with Crippen molar-refractivity contribution in [1.82, 2.24) is 25.0 Å². The third-order valence-corrected chi connectivity index (χ3v) is 3.54. The molecule has 1 aromatic rings. The summed E-state index contributed by atoms with van der Waals surface area (Å²) in [5.74, 6) is 2.02. The molecule has 0 saturated carbocycles. The van der Waals surface area contributed by atoms with Gasteiger partial charge in [0.1, 0.15) is 11.6 Å². The summed E-state index contributed by atoms with van der Waals surface area (Å²) in [7, 11) is 4.18. The third kappa shape index (κ3) is 3.26. The van der Waals surface area contributed by atoms with Crippen LogP contribution < -0.4 is 5.32 Å². The van der Waals surface area contributed by atoms with Crippen LogP contribution in [0.1, 0.15) is 30.9 Å². The van der Waals surface area contributed by atoms with Gasteiger partial charge in [-0.15, -0.1) is 10.2 Å². The second-order valence-electron chi connectivity index (χ2n) is 5.07. The number of nitrogens with one attached hydrogen (secondary N) is 1. The normalized spacial score (nSPS) is 21.1. The summed E-state index contributed by atoms with van der Waals surface area (Å²) in [4.78, 5) is 2.33. The lowest BCUT2D eigenvalue weighted by molar-refractivity contribution is 0.250. The van der Waals surface area contributed by atoms with Crippen molar-refractivity contribution in [1.29, 1.82) is 0 Å². The van der Waals surface area contributed by atoms with E-state index in [4.69, 9.17) is 0 Å². The highest BCUT2D eigenvalue weighted by Gasteiger charge is 2.16. The minimum atomic E-state index is 0.642. The molecule has 1 aromatic heterocycles. The van der Waals surface area contributed by atoms with E-state index in [0.29, 0.717) is 6.04 Å². The van der Waals surface area contributed by atoms with Gasteiger partial charge in [-0.1, -0.05) is 6.42 Å². The van der Waals surface area contributed by atoms with E-state index in [0.717, 1.165) is 24.7 Å². The van der Waals surface area contributed by atoms with Gasteiger partial charge in [-0.05, 0) is 33.4 Å². The summed E-state index contributed by atoms with van der Waals surface area (Å²) < 4.78 is 2.06. The molecular formula is C12H23N5. The topological polar surface area (TPSA) is 46.0 Å². The van der Waals surface area contributed by atoms with Crippen molar-refractivity contribution in [3.05, 3.63) is 11.6 Å². The van der Waals surface area contributed by atoms with Crippen molar-refractivity contribution in [2.75, 3.05) is 20.1 Å². The fourth-order valence-corrected chi connectivity index (χ4v) is 2.35. The molecule has 1 unspecified atom stereocenters. The maximum atomic E-state index is 4.20. The number of likely N-dealkylation sites (N-methyl/N-ethyl adjacent to an activating group) is 1. The Hall–Kier alpha value is -0.940. The molecule has 1 aliphatic rings. The van der Waals surface area contributed by atoms with E-state index in [-0.39, 0.29) is 0 Å². The molecule has 0 radical (unpaired) electrons. The average molecular weight is 237 g/mol. The van der Waals surface area contributed by atoms with Crippen molar-refractivity contribution in [3.63, 3.8) is 0 Å². The molecule has 17 heavy (non-hydrogen) atoms. The summed E-state index contributed by atoms with van der Waals surface area (Å²) in [6.45, 7) is 5.11. The number of hydrogen-bond acceptors (Lipinski definition) is 4. The Kier molecular flexibility index (Phi) is 4.12. The van der Waals surface area contributed by atoms with Crippen molar-refractivity contribution in [2.45, 2.75) is 38.8 Å². The number of nitrogens with zero attached hydrogens (tertiary/aromatic N) is 4. The zero-order valence-corrected chi connectivity index (χ0v) is 11.1. The van der Waals surface area contributed by atoms with Gasteiger partial charge in [0.25, 0.3) is 0 Å². The molecule has 1 atom stereocenters. The van der Waals surface area contributed by atoms with Gasteiger partial charge in [-0.3, -0.25) is 4.90 Å². The molecule has 5 heteroatoms. The van der Waals surface area contributed by atoms with Gasteiger partial charge in [0.2, 0.25) is 0 Å². The maximum absolute atomic E-state index is 4.20. The number of aromatic nitrogens is 3. The van der Waals surface area contributed by atoms with Crippen LogP contribution >= 0.6 is 0 Å². The van der Waals surface area contributed by atoms with E-state index in [2.05, 4.69) is 32.0 Å². The SMILES string of the molecule is Cc1nnc(CN(C)CC2CCCCN2)n1C. The molecule has 1 saturated heterocycles. The zero-order chi connectivity index (χ0) is 12.3. The Morgan fingerprint density at radius 3 is 2.82 bits per heavy atom. The van der Waals surface area contributed by atoms with E-state index in [1.807, 2.05) is 14.0 Å². The third-order valence-electron chi connectivity index (χ3n) is 3.54. The first kappa shape index (κ1) is 12.5. The smallest absolute Gasteiger partial charge is 0.146 e. The minimum Gasteiger partial charge on any atom is -0.317 e. The Labute approximate surface area is 103 Å². The van der Waals surface area contributed by atoms with Gasteiger partial charge < -0.3 is 9.88 Å². The molecule has 2 heterocycles. The van der Waals surface area contributed by atoms with Gasteiger partial charge in [-0.2, -0.15) is 0 Å². The first-order chi connectivity index (χ1) is 8.16. The molecule has 96 valence electrons. The second-order valence-corrected chi connectivity index (χ2v) is 5.07. The van der Waals surface area contributed by atoms with Crippen LogP contribution in [-0.2, 0) is 13.6 Å². The van der Waals surface area contributed by atoms with Gasteiger partial charge in [0, 0.05) is 19.6 Å². The molecule has 0 aliphatic carbocycles. The van der Waals surface area contributed by atoms with E-state index in [1.165, 1.54) is 25.8 Å². The van der Waals surface area contributed by atoms with Crippen molar-refractivity contribution < 1.29 is 0 Å². The highest BCUT2D eigenvalue weighted by Crippen LogP contribution is 2.09. The minimum absolute atomic E-state index is 0.642. The molecular weight excluding hydrogens is 214 g/mol. The van der Waals surface area contributed by atoms with Crippen LogP contribution in [0.4, 0.5) is 0 Å². The van der Waals surface area contributed by atoms with Gasteiger partial charge >= 0.3 is 0 Å². The Morgan fingerprint density at radius 1 is 1.41 bits per heavy atom. The highest BCUT2D eigenvalue weighted by atomic mass is 15.3. The van der Waals surface area contributed by atoms with Crippen molar-refractivity contribution in [2.24, 2.45) is 7.05 Å². The molecule has 1 aliphatic heterocycles. The van der Waals surface area contributed by atoms with Crippen LogP contribution in [0.15, 0.2) is 0 Å². The lowest BCUT2D eigenvalue weighted by Gasteiger charge is -2.27. The second kappa shape index (κ2) is 5.60. The Balaban J connectivity index is 1.84. The summed E-state index contributed by atoms with van der Waals surface area (Å²) in [6, 6.07) is 0.642. The van der Waals surface area contributed by atoms with Gasteiger partial charge in [0.05, 0.1) is 6.54 Å². The maximum Gasteiger partial charge on any atom is 0.146 e. The Bertz CT molecular complexity index is 354. The van der Waals surface area contributed by atoms with Crippen LogP contribution in [0.25, 0.3) is 0 Å². The van der Waals surface area contributed by atoms with Crippen LogP contribution in [0.5, 0.6) is 0 Å². The largest absolute Gasteiger partial charge is 0.317 e. The summed E-state index contributed by atoms with van der Waals surface area (Å²) in [5, 5.41) is 11.9. The number of rotatable bonds is 4. The summed E-state index contributed by atoms with van der Waals surface area (Å²) in [6.07, 6.45) is 3.97. The first-order valence-electron chi connectivity index (χ1n) is 6.43. The Morgan fingerprint density at radius 2 is 2.24 bits per heavy atom. The fraction of sp³-hybridized carbons (Fsp3) is 0.833. The first-order valence-corrected chi connectivity index (χ1v) is 6.43. The average Bonchev–Trinajstić information content (AvgIpc) is 2.62. The summed E-state index contributed by atoms with van der Waals surface area (Å²) in [5.41, 5.74) is 0. The fourth-order valence-electron chi connectivity index (χ4n) is 2.35. The van der Waals surface area contributed by atoms with E-state index in [1.54, 1.807) is 0 Å². The number of piperidine rings is 1. The van der Waals surface area contributed by atoms with E-state index < -0.39 is 0 Å². The van der Waals surface area contributed by atoms with Gasteiger partial charge in [-0.25, -0.2) is 0 Å². The predicted molar refractivity (Wildman–Crippen MR) is 67.7 cm³/mol. The monoisotopic (exact) mass is 237 g/mol. The van der Waals surface area contributed by atoms with Gasteiger partial charge in [0.15, 0.2) is 0 Å². The lowest BCUT2D eigenvalue weighted by atomic mass is 10.0. The van der Waals surface area contributed by atoms with E-state index >= 15 is 0 Å². The van der Waals surface area contributed by atoms with E-state index in [9.17, 15) is 0 Å². The molecule has 2 rings (SSSR count). The molecule has 1 N–H and O–H groups in total. The molecule has 0 spiro atoms. The zero-order valence-electron chi connectivity index (χ0n) is 11.1. The molecule has 0 aromatic carbocycles. The lowest BCUT2D eigenvalue weighted by Crippen LogP contribution is -2.42. The number of aryl methyl sites for hydroxylation is 1. The molecule has 0 amide bonds. The van der Waals surface area contributed by atoms with Crippen LogP contribution in [0.3, 0.4) is 0 Å². The summed E-state index contributed by atoms with van der Waals surface area (Å²) >= 11 is 0. The number of hydrogen-bond donors (Lipinski definition) is 1. The highest BCUT2D eigenvalue weighted by molar-refractivity contribution is 4.92. The molecule has 0 bridgehead atoms. The van der Waals surface area contributed by atoms with Crippen molar-refractivity contribution in [3.8, 4) is 0 Å². The predicted octanol–water partition coefficient (Wildman–Crippen LogP) is 0.697. The quantitative estimate of drug-likeness (QED) is 0.837. The van der Waals surface area contributed by atoms with Crippen LogP contribution in [0.2, 0.25) is 0 Å². The standard InChI is InChI=1S/C12H23N5/c1-10-14-15-12(17(10)3)9-16(2)8-11-6-4-5-7-13-11/h11,13H,4-9H2,1-3H3.